The SMILES string of the molecule is CC(=O)SCC#Cc1ccccc1CC(=O)O. The van der Waals surface area contributed by atoms with Crippen LogP contribution in [0.5, 0.6) is 0 Å². The summed E-state index contributed by atoms with van der Waals surface area (Å²) in [7, 11) is 0. The van der Waals surface area contributed by atoms with Gasteiger partial charge in [0.1, 0.15) is 0 Å². The molecule has 0 spiro atoms. The van der Waals surface area contributed by atoms with Crippen molar-refractivity contribution in [3.8, 4) is 11.8 Å². The molecule has 0 saturated heterocycles. The van der Waals surface area contributed by atoms with Crippen molar-refractivity contribution in [1.82, 2.24) is 0 Å². The first kappa shape index (κ1) is 13.3. The summed E-state index contributed by atoms with van der Waals surface area (Å²) in [6, 6.07) is 7.13. The Kier molecular flexibility index (Phi) is 5.31. The van der Waals surface area contributed by atoms with Crippen molar-refractivity contribution in [3.63, 3.8) is 0 Å². The van der Waals surface area contributed by atoms with Crippen LogP contribution in [0.1, 0.15) is 18.1 Å². The highest BCUT2D eigenvalue weighted by Gasteiger charge is 2.03. The summed E-state index contributed by atoms with van der Waals surface area (Å²) in [6.07, 6.45) is -0.0370. The number of hydrogen-bond donors (Lipinski definition) is 1. The molecule has 0 radical (unpaired) electrons. The molecule has 0 aliphatic heterocycles. The third kappa shape index (κ3) is 5.23. The number of aliphatic carboxylic acids is 1. The molecule has 0 aliphatic carbocycles. The van der Waals surface area contributed by atoms with E-state index < -0.39 is 5.97 Å². The van der Waals surface area contributed by atoms with Gasteiger partial charge in [-0.25, -0.2) is 0 Å². The highest BCUT2D eigenvalue weighted by atomic mass is 32.2. The van der Waals surface area contributed by atoms with Crippen molar-refractivity contribution in [2.45, 2.75) is 13.3 Å². The van der Waals surface area contributed by atoms with E-state index >= 15 is 0 Å². The zero-order valence-corrected chi connectivity index (χ0v) is 10.2. The van der Waals surface area contributed by atoms with Gasteiger partial charge in [0.15, 0.2) is 5.12 Å². The van der Waals surface area contributed by atoms with Gasteiger partial charge in [0.25, 0.3) is 0 Å². The highest BCUT2D eigenvalue weighted by molar-refractivity contribution is 8.13. The van der Waals surface area contributed by atoms with E-state index in [-0.39, 0.29) is 11.5 Å². The Hall–Kier alpha value is -1.73. The first-order valence-corrected chi connectivity index (χ1v) is 6.00. The molecule has 17 heavy (non-hydrogen) atoms. The molecule has 1 rings (SSSR count). The lowest BCUT2D eigenvalue weighted by molar-refractivity contribution is -0.136. The summed E-state index contributed by atoms with van der Waals surface area (Å²) in [4.78, 5) is 21.3. The standard InChI is InChI=1S/C13H12O3S/c1-10(14)17-8-4-7-11-5-2-3-6-12(11)9-13(15)16/h2-3,5-6H,8-9H2,1H3,(H,15,16). The predicted octanol–water partition coefficient (Wildman–Crippen LogP) is 1.94. The Morgan fingerprint density at radius 3 is 2.71 bits per heavy atom. The summed E-state index contributed by atoms with van der Waals surface area (Å²) in [5.41, 5.74) is 1.40. The molecule has 1 aromatic carbocycles. The summed E-state index contributed by atoms with van der Waals surface area (Å²) in [6.45, 7) is 1.49. The Morgan fingerprint density at radius 2 is 2.06 bits per heavy atom. The molecule has 0 aromatic heterocycles. The largest absolute Gasteiger partial charge is 0.481 e. The maximum absolute atomic E-state index is 10.7. The van der Waals surface area contributed by atoms with Gasteiger partial charge < -0.3 is 5.11 Å². The van der Waals surface area contributed by atoms with Gasteiger partial charge in [0, 0.05) is 12.5 Å². The minimum Gasteiger partial charge on any atom is -0.481 e. The topological polar surface area (TPSA) is 54.4 Å². The second-order valence-corrected chi connectivity index (χ2v) is 4.46. The van der Waals surface area contributed by atoms with Crippen LogP contribution < -0.4 is 0 Å². The van der Waals surface area contributed by atoms with E-state index in [1.165, 1.54) is 6.92 Å². The molecule has 0 heterocycles. The van der Waals surface area contributed by atoms with E-state index in [2.05, 4.69) is 11.8 Å². The van der Waals surface area contributed by atoms with Crippen molar-refractivity contribution in [2.24, 2.45) is 0 Å². The third-order valence-corrected chi connectivity index (χ3v) is 2.62. The van der Waals surface area contributed by atoms with Gasteiger partial charge in [-0.15, -0.1) is 0 Å². The zero-order valence-electron chi connectivity index (χ0n) is 9.40. The average Bonchev–Trinajstić information content (AvgIpc) is 2.25. The van der Waals surface area contributed by atoms with Gasteiger partial charge in [-0.2, -0.15) is 0 Å². The first-order chi connectivity index (χ1) is 8.09. The molecule has 0 aliphatic rings. The van der Waals surface area contributed by atoms with Crippen LogP contribution in [0.4, 0.5) is 0 Å². The van der Waals surface area contributed by atoms with E-state index in [1.807, 2.05) is 6.07 Å². The second-order valence-electron chi connectivity index (χ2n) is 3.31. The Morgan fingerprint density at radius 1 is 1.35 bits per heavy atom. The minimum atomic E-state index is -0.877. The molecular formula is C13H12O3S. The molecule has 1 N–H and O–H groups in total. The molecule has 4 heteroatoms. The summed E-state index contributed by atoms with van der Waals surface area (Å²) < 4.78 is 0. The monoisotopic (exact) mass is 248 g/mol. The molecule has 0 unspecified atom stereocenters. The fourth-order valence-corrected chi connectivity index (χ4v) is 1.58. The fourth-order valence-electron chi connectivity index (χ4n) is 1.23. The highest BCUT2D eigenvalue weighted by Crippen LogP contribution is 2.08. The number of carboxylic acid groups (broad SMARTS) is 1. The van der Waals surface area contributed by atoms with E-state index in [0.717, 1.165) is 11.8 Å². The van der Waals surface area contributed by atoms with Gasteiger partial charge in [-0.3, -0.25) is 9.59 Å². The maximum atomic E-state index is 10.7. The molecule has 0 atom stereocenters. The molecule has 0 fully saturated rings. The van der Waals surface area contributed by atoms with Gasteiger partial charge in [-0.1, -0.05) is 41.8 Å². The van der Waals surface area contributed by atoms with Crippen molar-refractivity contribution < 1.29 is 14.7 Å². The number of rotatable bonds is 3. The van der Waals surface area contributed by atoms with Crippen LogP contribution >= 0.6 is 11.8 Å². The Balaban J connectivity index is 2.75. The van der Waals surface area contributed by atoms with Gasteiger partial charge in [-0.05, 0) is 11.6 Å². The number of carboxylic acids is 1. The summed E-state index contributed by atoms with van der Waals surface area (Å²) >= 11 is 1.14. The summed E-state index contributed by atoms with van der Waals surface area (Å²) in [5.74, 6) is 5.28. The van der Waals surface area contributed by atoms with E-state index in [0.29, 0.717) is 16.9 Å². The first-order valence-electron chi connectivity index (χ1n) is 5.01. The van der Waals surface area contributed by atoms with Crippen LogP contribution in [-0.4, -0.2) is 21.9 Å². The van der Waals surface area contributed by atoms with Crippen molar-refractivity contribution in [1.29, 1.82) is 0 Å². The van der Waals surface area contributed by atoms with Crippen molar-refractivity contribution in [2.75, 3.05) is 5.75 Å². The number of hydrogen-bond acceptors (Lipinski definition) is 3. The van der Waals surface area contributed by atoms with Crippen LogP contribution in [0.2, 0.25) is 0 Å². The quantitative estimate of drug-likeness (QED) is 0.831. The lowest BCUT2D eigenvalue weighted by Gasteiger charge is -1.99. The number of carbonyl (C=O) groups excluding carboxylic acids is 1. The average molecular weight is 248 g/mol. The molecule has 0 bridgehead atoms. The molecular weight excluding hydrogens is 236 g/mol. The van der Waals surface area contributed by atoms with Gasteiger partial charge >= 0.3 is 5.97 Å². The smallest absolute Gasteiger partial charge is 0.307 e. The maximum Gasteiger partial charge on any atom is 0.307 e. The molecule has 0 amide bonds. The van der Waals surface area contributed by atoms with Gasteiger partial charge in [0.05, 0.1) is 12.2 Å². The Bertz CT molecular complexity index is 483. The van der Waals surface area contributed by atoms with Crippen LogP contribution in [0.25, 0.3) is 0 Å². The predicted molar refractivity (Wildman–Crippen MR) is 67.8 cm³/mol. The summed E-state index contributed by atoms with van der Waals surface area (Å²) in [5, 5.41) is 8.76. The number of carbonyl (C=O) groups is 2. The molecule has 0 saturated carbocycles. The third-order valence-electron chi connectivity index (χ3n) is 1.93. The number of benzene rings is 1. The number of thioether (sulfide) groups is 1. The van der Waals surface area contributed by atoms with Crippen LogP contribution in [-0.2, 0) is 16.0 Å². The van der Waals surface area contributed by atoms with Crippen molar-refractivity contribution in [3.05, 3.63) is 35.4 Å². The Labute approximate surface area is 104 Å². The molecule has 88 valence electrons. The normalized spacial score (nSPS) is 9.24. The van der Waals surface area contributed by atoms with Crippen LogP contribution in [0.15, 0.2) is 24.3 Å². The lowest BCUT2D eigenvalue weighted by atomic mass is 10.1. The van der Waals surface area contributed by atoms with E-state index in [1.54, 1.807) is 18.2 Å². The molecule has 3 nitrogen and oxygen atoms in total. The second kappa shape index (κ2) is 6.77. The van der Waals surface area contributed by atoms with Crippen LogP contribution in [0, 0.1) is 11.8 Å². The van der Waals surface area contributed by atoms with E-state index in [9.17, 15) is 9.59 Å². The van der Waals surface area contributed by atoms with Gasteiger partial charge in [0.2, 0.25) is 0 Å². The van der Waals surface area contributed by atoms with Crippen molar-refractivity contribution >= 4 is 22.8 Å². The zero-order chi connectivity index (χ0) is 12.7. The molecule has 1 aromatic rings. The lowest BCUT2D eigenvalue weighted by Crippen LogP contribution is -2.01. The fraction of sp³-hybridized carbons (Fsp3) is 0.231. The van der Waals surface area contributed by atoms with E-state index in [4.69, 9.17) is 5.11 Å². The van der Waals surface area contributed by atoms with Crippen LogP contribution in [0.3, 0.4) is 0 Å². The minimum absolute atomic E-state index is 0.0260.